The van der Waals surface area contributed by atoms with E-state index in [9.17, 15) is 0 Å². The monoisotopic (exact) mass is 294 g/mol. The molecule has 1 atom stereocenters. The van der Waals surface area contributed by atoms with Gasteiger partial charge in [0.05, 0.1) is 4.34 Å². The molecule has 1 unspecified atom stereocenters. The molecular formula is C12H20Cl2N2S. The van der Waals surface area contributed by atoms with E-state index in [0.717, 1.165) is 30.5 Å². The van der Waals surface area contributed by atoms with E-state index in [0.29, 0.717) is 6.04 Å². The molecule has 2 nitrogen and oxygen atoms in total. The predicted octanol–water partition coefficient (Wildman–Crippen LogP) is 3.40. The molecule has 1 aliphatic heterocycles. The van der Waals surface area contributed by atoms with E-state index < -0.39 is 0 Å². The molecule has 2 heterocycles. The van der Waals surface area contributed by atoms with Crippen LogP contribution in [0.15, 0.2) is 11.4 Å². The van der Waals surface area contributed by atoms with Crippen molar-refractivity contribution in [3.05, 3.63) is 21.3 Å². The Balaban J connectivity index is 0.00000144. The van der Waals surface area contributed by atoms with Crippen molar-refractivity contribution in [3.8, 4) is 0 Å². The van der Waals surface area contributed by atoms with E-state index in [-0.39, 0.29) is 12.4 Å². The molecule has 98 valence electrons. The number of hydrogen-bond acceptors (Lipinski definition) is 3. The van der Waals surface area contributed by atoms with Gasteiger partial charge in [-0.25, -0.2) is 0 Å². The second kappa shape index (κ2) is 7.59. The maximum atomic E-state index is 6.16. The highest BCUT2D eigenvalue weighted by atomic mass is 35.5. The van der Waals surface area contributed by atoms with Crippen LogP contribution in [0.2, 0.25) is 4.34 Å². The Morgan fingerprint density at radius 3 is 3.06 bits per heavy atom. The minimum Gasteiger partial charge on any atom is -0.314 e. The predicted molar refractivity (Wildman–Crippen MR) is 78.6 cm³/mol. The Morgan fingerprint density at radius 2 is 2.41 bits per heavy atom. The van der Waals surface area contributed by atoms with Crippen LogP contribution in [-0.2, 0) is 6.54 Å². The van der Waals surface area contributed by atoms with Crippen LogP contribution in [0.3, 0.4) is 0 Å². The average Bonchev–Trinajstić information content (AvgIpc) is 2.68. The molecule has 0 radical (unpaired) electrons. The zero-order valence-corrected chi connectivity index (χ0v) is 12.5. The van der Waals surface area contributed by atoms with Crippen molar-refractivity contribution in [1.29, 1.82) is 0 Å². The topological polar surface area (TPSA) is 15.3 Å². The number of nitrogens with one attached hydrogen (secondary N) is 1. The number of hydrogen-bond donors (Lipinski definition) is 1. The molecular weight excluding hydrogens is 275 g/mol. The molecule has 17 heavy (non-hydrogen) atoms. The zero-order valence-electron chi connectivity index (χ0n) is 10.1. The molecule has 0 spiro atoms. The summed E-state index contributed by atoms with van der Waals surface area (Å²) in [6, 6.07) is 2.83. The van der Waals surface area contributed by atoms with Crippen LogP contribution < -0.4 is 5.32 Å². The van der Waals surface area contributed by atoms with Gasteiger partial charge in [-0.15, -0.1) is 23.7 Å². The lowest BCUT2D eigenvalue weighted by atomic mass is 10.1. The van der Waals surface area contributed by atoms with Crippen LogP contribution in [-0.4, -0.2) is 30.6 Å². The highest BCUT2D eigenvalue weighted by Gasteiger charge is 2.21. The van der Waals surface area contributed by atoms with Gasteiger partial charge in [0, 0.05) is 32.2 Å². The summed E-state index contributed by atoms with van der Waals surface area (Å²) in [5, 5.41) is 5.55. The summed E-state index contributed by atoms with van der Waals surface area (Å²) in [6.45, 7) is 6.62. The van der Waals surface area contributed by atoms with Gasteiger partial charge in [0.1, 0.15) is 0 Å². The van der Waals surface area contributed by atoms with Crippen molar-refractivity contribution in [1.82, 2.24) is 10.2 Å². The van der Waals surface area contributed by atoms with Crippen molar-refractivity contribution >= 4 is 35.3 Å². The van der Waals surface area contributed by atoms with E-state index >= 15 is 0 Å². The summed E-state index contributed by atoms with van der Waals surface area (Å²) in [5.41, 5.74) is 1.29. The van der Waals surface area contributed by atoms with Crippen LogP contribution in [0, 0.1) is 0 Å². The van der Waals surface area contributed by atoms with E-state index in [1.807, 2.05) is 0 Å². The Hall–Kier alpha value is 0.200. The van der Waals surface area contributed by atoms with Gasteiger partial charge in [-0.3, -0.25) is 4.90 Å². The Bertz CT molecular complexity index is 328. The summed E-state index contributed by atoms with van der Waals surface area (Å²) >= 11 is 7.79. The summed E-state index contributed by atoms with van der Waals surface area (Å²) < 4.78 is 0.953. The molecule has 0 bridgehead atoms. The normalized spacial score (nSPS) is 21.2. The van der Waals surface area contributed by atoms with Gasteiger partial charge >= 0.3 is 0 Å². The van der Waals surface area contributed by atoms with Gasteiger partial charge in [0.25, 0.3) is 0 Å². The number of piperazine rings is 1. The van der Waals surface area contributed by atoms with Crippen molar-refractivity contribution in [2.24, 2.45) is 0 Å². The fourth-order valence-corrected chi connectivity index (χ4v) is 3.19. The first kappa shape index (κ1) is 15.3. The molecule has 1 fully saturated rings. The van der Waals surface area contributed by atoms with Crippen molar-refractivity contribution in [3.63, 3.8) is 0 Å². The van der Waals surface area contributed by atoms with Crippen molar-refractivity contribution in [2.45, 2.75) is 32.4 Å². The average molecular weight is 295 g/mol. The van der Waals surface area contributed by atoms with Crippen molar-refractivity contribution in [2.75, 3.05) is 19.6 Å². The minimum absolute atomic E-state index is 0. The number of nitrogens with zero attached hydrogens (tertiary/aromatic N) is 1. The molecule has 1 saturated heterocycles. The molecule has 5 heteroatoms. The van der Waals surface area contributed by atoms with Crippen LogP contribution >= 0.6 is 35.3 Å². The molecule has 1 aromatic heterocycles. The van der Waals surface area contributed by atoms with Crippen molar-refractivity contribution < 1.29 is 0 Å². The highest BCUT2D eigenvalue weighted by molar-refractivity contribution is 7.14. The van der Waals surface area contributed by atoms with Crippen LogP contribution in [0.5, 0.6) is 0 Å². The lowest BCUT2D eigenvalue weighted by Gasteiger charge is -2.36. The van der Waals surface area contributed by atoms with Gasteiger partial charge in [-0.2, -0.15) is 0 Å². The number of thiophene rings is 1. The highest BCUT2D eigenvalue weighted by Crippen LogP contribution is 2.25. The SMILES string of the molecule is CCCC1CNCCN1Cc1ccsc1Cl.Cl. The van der Waals surface area contributed by atoms with E-state index in [2.05, 4.69) is 28.6 Å². The lowest BCUT2D eigenvalue weighted by Crippen LogP contribution is -2.50. The second-order valence-electron chi connectivity index (χ2n) is 4.34. The smallest absolute Gasteiger partial charge is 0.0973 e. The quantitative estimate of drug-likeness (QED) is 0.916. The summed E-state index contributed by atoms with van der Waals surface area (Å²) in [4.78, 5) is 2.56. The first-order valence-corrected chi connectivity index (χ1v) is 7.23. The molecule has 0 saturated carbocycles. The molecule has 1 aliphatic rings. The molecule has 0 aromatic carbocycles. The first-order chi connectivity index (χ1) is 7.81. The third kappa shape index (κ3) is 4.11. The van der Waals surface area contributed by atoms with E-state index in [4.69, 9.17) is 11.6 Å². The first-order valence-electron chi connectivity index (χ1n) is 5.98. The van der Waals surface area contributed by atoms with Gasteiger partial charge < -0.3 is 5.32 Å². The minimum atomic E-state index is 0. The van der Waals surface area contributed by atoms with Gasteiger partial charge in [-0.1, -0.05) is 24.9 Å². The maximum absolute atomic E-state index is 6.16. The summed E-state index contributed by atoms with van der Waals surface area (Å²) in [5.74, 6) is 0. The lowest BCUT2D eigenvalue weighted by molar-refractivity contribution is 0.144. The third-order valence-corrected chi connectivity index (χ3v) is 4.41. The van der Waals surface area contributed by atoms with Crippen LogP contribution in [0.25, 0.3) is 0 Å². The van der Waals surface area contributed by atoms with Crippen LogP contribution in [0.1, 0.15) is 25.3 Å². The summed E-state index contributed by atoms with van der Waals surface area (Å²) in [7, 11) is 0. The molecule has 0 amide bonds. The third-order valence-electron chi connectivity index (χ3n) is 3.16. The van der Waals surface area contributed by atoms with E-state index in [1.54, 1.807) is 11.3 Å². The zero-order chi connectivity index (χ0) is 11.4. The van der Waals surface area contributed by atoms with Gasteiger partial charge in [-0.05, 0) is 23.4 Å². The fraction of sp³-hybridized carbons (Fsp3) is 0.667. The molecule has 2 rings (SSSR count). The molecule has 1 N–H and O–H groups in total. The second-order valence-corrected chi connectivity index (χ2v) is 5.85. The largest absolute Gasteiger partial charge is 0.314 e. The summed E-state index contributed by atoms with van der Waals surface area (Å²) in [6.07, 6.45) is 2.52. The number of halogens is 2. The van der Waals surface area contributed by atoms with E-state index in [1.165, 1.54) is 18.4 Å². The Kier molecular flexibility index (Phi) is 6.82. The standard InChI is InChI=1S/C12H19ClN2S.ClH/c1-2-3-11-8-14-5-6-15(11)9-10-4-7-16-12(10)13;/h4,7,11,14H,2-3,5-6,8-9H2,1H3;1H. The van der Waals surface area contributed by atoms with Crippen LogP contribution in [0.4, 0.5) is 0 Å². The maximum Gasteiger partial charge on any atom is 0.0973 e. The van der Waals surface area contributed by atoms with Gasteiger partial charge in [0.2, 0.25) is 0 Å². The van der Waals surface area contributed by atoms with Gasteiger partial charge in [0.15, 0.2) is 0 Å². The number of rotatable bonds is 4. The molecule has 1 aromatic rings. The fourth-order valence-electron chi connectivity index (χ4n) is 2.28. The Labute approximate surface area is 119 Å². The molecule has 0 aliphatic carbocycles. The Morgan fingerprint density at radius 1 is 1.59 bits per heavy atom.